The summed E-state index contributed by atoms with van der Waals surface area (Å²) in [6.07, 6.45) is 7.23. The Kier molecular flexibility index (Phi) is 2.97. The topological polar surface area (TPSA) is 26.0 Å². The first-order valence-electron chi connectivity index (χ1n) is 5.21. The quantitative estimate of drug-likeness (QED) is 0.678. The average molecular weight is 185 g/mol. The van der Waals surface area contributed by atoms with E-state index in [0.29, 0.717) is 6.04 Å². The van der Waals surface area contributed by atoms with Crippen LogP contribution in [-0.2, 0) is 0 Å². The molecule has 2 unspecified atom stereocenters. The van der Waals surface area contributed by atoms with Crippen LogP contribution in [0.15, 0.2) is 0 Å². The van der Waals surface area contributed by atoms with Crippen LogP contribution in [0.3, 0.4) is 0 Å². The van der Waals surface area contributed by atoms with Gasteiger partial charge in [0.25, 0.3) is 0 Å². The van der Waals surface area contributed by atoms with Gasteiger partial charge in [0, 0.05) is 11.8 Å². The van der Waals surface area contributed by atoms with E-state index in [4.69, 9.17) is 5.73 Å². The first kappa shape index (κ1) is 8.89. The summed E-state index contributed by atoms with van der Waals surface area (Å²) in [5.41, 5.74) is 6.14. The second-order valence-corrected chi connectivity index (χ2v) is 5.39. The van der Waals surface area contributed by atoms with E-state index in [0.717, 1.165) is 11.8 Å². The molecule has 2 aliphatic rings. The summed E-state index contributed by atoms with van der Waals surface area (Å²) in [4.78, 5) is 0. The van der Waals surface area contributed by atoms with Gasteiger partial charge >= 0.3 is 0 Å². The van der Waals surface area contributed by atoms with E-state index in [1.165, 1.54) is 43.6 Å². The highest BCUT2D eigenvalue weighted by atomic mass is 32.2. The molecule has 1 saturated heterocycles. The molecule has 2 rings (SSSR count). The fraction of sp³-hybridized carbons (Fsp3) is 1.00. The minimum absolute atomic E-state index is 0.506. The molecule has 0 spiro atoms. The van der Waals surface area contributed by atoms with Crippen LogP contribution < -0.4 is 5.73 Å². The van der Waals surface area contributed by atoms with Gasteiger partial charge in [-0.2, -0.15) is 11.8 Å². The third kappa shape index (κ3) is 1.80. The zero-order valence-corrected chi connectivity index (χ0v) is 8.48. The predicted molar refractivity (Wildman–Crippen MR) is 55.4 cm³/mol. The van der Waals surface area contributed by atoms with Crippen LogP contribution in [-0.4, -0.2) is 17.5 Å². The third-order valence-corrected chi connectivity index (χ3v) is 4.61. The van der Waals surface area contributed by atoms with Gasteiger partial charge in [-0.25, -0.2) is 0 Å². The Morgan fingerprint density at radius 3 is 2.50 bits per heavy atom. The van der Waals surface area contributed by atoms with E-state index in [2.05, 4.69) is 0 Å². The number of hydrogen-bond donors (Lipinski definition) is 1. The maximum atomic E-state index is 6.14. The van der Waals surface area contributed by atoms with Crippen molar-refractivity contribution in [3.8, 4) is 0 Å². The molecule has 2 atom stereocenters. The lowest BCUT2D eigenvalue weighted by molar-refractivity contribution is 0.286. The molecule has 0 aromatic heterocycles. The maximum Gasteiger partial charge on any atom is 0.0161 e. The molecule has 12 heavy (non-hydrogen) atoms. The van der Waals surface area contributed by atoms with Crippen LogP contribution in [0.1, 0.15) is 32.1 Å². The second kappa shape index (κ2) is 4.01. The minimum atomic E-state index is 0.506. The number of nitrogens with two attached hydrogens (primary N) is 1. The molecule has 0 amide bonds. The van der Waals surface area contributed by atoms with E-state index in [-0.39, 0.29) is 0 Å². The lowest BCUT2D eigenvalue weighted by Gasteiger charge is -2.32. The van der Waals surface area contributed by atoms with Gasteiger partial charge in [-0.1, -0.05) is 25.7 Å². The van der Waals surface area contributed by atoms with Gasteiger partial charge in [0.15, 0.2) is 0 Å². The first-order valence-corrected chi connectivity index (χ1v) is 6.37. The summed E-state index contributed by atoms with van der Waals surface area (Å²) < 4.78 is 0. The normalized spacial score (nSPS) is 38.8. The zero-order valence-electron chi connectivity index (χ0n) is 7.67. The smallest absolute Gasteiger partial charge is 0.0161 e. The molecule has 70 valence electrons. The Labute approximate surface area is 79.5 Å². The lowest BCUT2D eigenvalue weighted by Crippen LogP contribution is -2.39. The molecule has 1 heterocycles. The van der Waals surface area contributed by atoms with E-state index in [9.17, 15) is 0 Å². The molecule has 1 saturated carbocycles. The molecule has 1 aliphatic carbocycles. The van der Waals surface area contributed by atoms with Crippen LogP contribution in [0.25, 0.3) is 0 Å². The first-order chi connectivity index (χ1) is 5.88. The SMILES string of the molecule is NC1CSCCC1C1CCCC1. The van der Waals surface area contributed by atoms with Crippen molar-refractivity contribution in [3.63, 3.8) is 0 Å². The van der Waals surface area contributed by atoms with Crippen molar-refractivity contribution in [2.45, 2.75) is 38.1 Å². The Morgan fingerprint density at radius 2 is 1.83 bits per heavy atom. The monoisotopic (exact) mass is 185 g/mol. The van der Waals surface area contributed by atoms with E-state index < -0.39 is 0 Å². The molecular formula is C10H19NS. The summed E-state index contributed by atoms with van der Waals surface area (Å²) in [5.74, 6) is 4.42. The van der Waals surface area contributed by atoms with Crippen LogP contribution in [0.2, 0.25) is 0 Å². The van der Waals surface area contributed by atoms with Crippen molar-refractivity contribution in [1.29, 1.82) is 0 Å². The largest absolute Gasteiger partial charge is 0.327 e. The Bertz CT molecular complexity index is 143. The molecule has 0 radical (unpaired) electrons. The zero-order chi connectivity index (χ0) is 8.39. The van der Waals surface area contributed by atoms with Crippen molar-refractivity contribution < 1.29 is 0 Å². The van der Waals surface area contributed by atoms with Crippen LogP contribution in [0, 0.1) is 11.8 Å². The van der Waals surface area contributed by atoms with Gasteiger partial charge < -0.3 is 5.73 Å². The average Bonchev–Trinajstić information content (AvgIpc) is 2.57. The van der Waals surface area contributed by atoms with Crippen LogP contribution in [0.4, 0.5) is 0 Å². The van der Waals surface area contributed by atoms with Crippen molar-refractivity contribution in [1.82, 2.24) is 0 Å². The number of rotatable bonds is 1. The molecule has 2 N–H and O–H groups in total. The van der Waals surface area contributed by atoms with Gasteiger partial charge in [0.05, 0.1) is 0 Å². The highest BCUT2D eigenvalue weighted by Gasteiger charge is 2.31. The maximum absolute atomic E-state index is 6.14. The van der Waals surface area contributed by atoms with E-state index in [1.807, 2.05) is 11.8 Å². The van der Waals surface area contributed by atoms with Gasteiger partial charge in [-0.15, -0.1) is 0 Å². The van der Waals surface area contributed by atoms with Crippen molar-refractivity contribution in [2.24, 2.45) is 17.6 Å². The molecule has 2 heteroatoms. The standard InChI is InChI=1S/C10H19NS/c11-10-7-12-6-5-9(10)8-3-1-2-4-8/h8-10H,1-7,11H2. The Hall–Kier alpha value is 0.310. The molecule has 1 aliphatic heterocycles. The van der Waals surface area contributed by atoms with E-state index in [1.54, 1.807) is 0 Å². The minimum Gasteiger partial charge on any atom is -0.327 e. The highest BCUT2D eigenvalue weighted by molar-refractivity contribution is 7.99. The summed E-state index contributed by atoms with van der Waals surface area (Å²) in [5, 5.41) is 0. The van der Waals surface area contributed by atoms with Gasteiger partial charge in [0.1, 0.15) is 0 Å². The summed E-state index contributed by atoms with van der Waals surface area (Å²) in [6.45, 7) is 0. The highest BCUT2D eigenvalue weighted by Crippen LogP contribution is 2.37. The number of thioether (sulfide) groups is 1. The summed E-state index contributed by atoms with van der Waals surface area (Å²) >= 11 is 2.04. The molecule has 0 aromatic rings. The van der Waals surface area contributed by atoms with Gasteiger partial charge in [0.2, 0.25) is 0 Å². The second-order valence-electron chi connectivity index (χ2n) is 4.24. The van der Waals surface area contributed by atoms with Crippen molar-refractivity contribution in [3.05, 3.63) is 0 Å². The Balaban J connectivity index is 1.91. The molecular weight excluding hydrogens is 166 g/mol. The van der Waals surface area contributed by atoms with E-state index >= 15 is 0 Å². The summed E-state index contributed by atoms with van der Waals surface area (Å²) in [7, 11) is 0. The molecule has 0 bridgehead atoms. The van der Waals surface area contributed by atoms with Gasteiger partial charge in [-0.3, -0.25) is 0 Å². The third-order valence-electron chi connectivity index (χ3n) is 3.46. The van der Waals surface area contributed by atoms with Gasteiger partial charge in [-0.05, 0) is 24.0 Å². The Morgan fingerprint density at radius 1 is 1.08 bits per heavy atom. The predicted octanol–water partition coefficient (Wildman–Crippen LogP) is 2.26. The fourth-order valence-corrected chi connectivity index (χ4v) is 3.87. The fourth-order valence-electron chi connectivity index (χ4n) is 2.75. The van der Waals surface area contributed by atoms with Crippen LogP contribution in [0.5, 0.6) is 0 Å². The number of hydrogen-bond acceptors (Lipinski definition) is 2. The van der Waals surface area contributed by atoms with Crippen molar-refractivity contribution in [2.75, 3.05) is 11.5 Å². The van der Waals surface area contributed by atoms with Crippen molar-refractivity contribution >= 4 is 11.8 Å². The van der Waals surface area contributed by atoms with Crippen LogP contribution >= 0.6 is 11.8 Å². The molecule has 2 fully saturated rings. The molecule has 0 aromatic carbocycles. The summed E-state index contributed by atoms with van der Waals surface area (Å²) in [6, 6.07) is 0.506. The molecule has 1 nitrogen and oxygen atoms in total. The lowest BCUT2D eigenvalue weighted by atomic mass is 9.83.